The summed E-state index contributed by atoms with van der Waals surface area (Å²) in [5.41, 5.74) is 2.67. The maximum Gasteiger partial charge on any atom is 0.254 e. The molecule has 2 aromatic carbocycles. The molecule has 0 saturated carbocycles. The molecule has 7 nitrogen and oxygen atoms in total. The molecular weight excluding hydrogens is 488 g/mol. The molecule has 3 heterocycles. The fraction of sp³-hybridized carbons (Fsp3) is 0.379. The highest BCUT2D eigenvalue weighted by Gasteiger charge is 2.34. The average molecular weight is 521 g/mol. The highest BCUT2D eigenvalue weighted by molar-refractivity contribution is 7.10. The zero-order valence-corrected chi connectivity index (χ0v) is 22.3. The smallest absolute Gasteiger partial charge is 0.254 e. The number of aryl methyl sites for hydroxylation is 1. The van der Waals surface area contributed by atoms with E-state index in [0.29, 0.717) is 36.8 Å². The maximum atomic E-state index is 13.8. The molecule has 1 atom stereocenters. The van der Waals surface area contributed by atoms with E-state index < -0.39 is 0 Å². The summed E-state index contributed by atoms with van der Waals surface area (Å²) in [4.78, 5) is 32.1. The van der Waals surface area contributed by atoms with Gasteiger partial charge in [0.1, 0.15) is 18.9 Å². The van der Waals surface area contributed by atoms with Gasteiger partial charge in [0.15, 0.2) is 11.5 Å². The van der Waals surface area contributed by atoms with Crippen LogP contribution in [0, 0.1) is 12.8 Å². The van der Waals surface area contributed by atoms with Crippen molar-refractivity contribution >= 4 is 23.2 Å². The SMILES string of the molecule is Cc1ccccc1OC[C@@H]1c2ccsc2CCN1C(=O)CN(CC(C)C)C(=O)c1ccc2c(c1)OCO2. The van der Waals surface area contributed by atoms with E-state index in [1.54, 1.807) is 34.4 Å². The summed E-state index contributed by atoms with van der Waals surface area (Å²) >= 11 is 1.72. The fourth-order valence-electron chi connectivity index (χ4n) is 4.89. The van der Waals surface area contributed by atoms with Gasteiger partial charge in [0, 0.05) is 23.5 Å². The molecule has 1 aromatic heterocycles. The molecule has 2 amide bonds. The summed E-state index contributed by atoms with van der Waals surface area (Å²) < 4.78 is 17.1. The van der Waals surface area contributed by atoms with Crippen LogP contribution < -0.4 is 14.2 Å². The van der Waals surface area contributed by atoms with Gasteiger partial charge in [-0.3, -0.25) is 9.59 Å². The first-order valence-corrected chi connectivity index (χ1v) is 13.5. The van der Waals surface area contributed by atoms with Crippen LogP contribution in [0.1, 0.15) is 46.3 Å². The molecule has 194 valence electrons. The van der Waals surface area contributed by atoms with Crippen molar-refractivity contribution in [2.24, 2.45) is 5.92 Å². The topological polar surface area (TPSA) is 68.3 Å². The Morgan fingerprint density at radius 2 is 1.95 bits per heavy atom. The van der Waals surface area contributed by atoms with Crippen molar-refractivity contribution in [1.82, 2.24) is 9.80 Å². The minimum Gasteiger partial charge on any atom is -0.491 e. The van der Waals surface area contributed by atoms with Gasteiger partial charge < -0.3 is 24.0 Å². The van der Waals surface area contributed by atoms with E-state index in [9.17, 15) is 9.59 Å². The molecule has 0 spiro atoms. The maximum absolute atomic E-state index is 13.8. The van der Waals surface area contributed by atoms with Crippen LogP contribution in [-0.2, 0) is 11.2 Å². The van der Waals surface area contributed by atoms with Crippen LogP contribution in [0.25, 0.3) is 0 Å². The summed E-state index contributed by atoms with van der Waals surface area (Å²) in [5, 5.41) is 2.08. The standard InChI is InChI=1S/C29H32N2O5S/c1-19(2)15-30(29(33)21-8-9-25-26(14-21)36-18-35-25)16-28(32)31-12-10-27-22(11-13-37-27)23(31)17-34-24-7-5-4-6-20(24)3/h4-9,11,13-14,19,23H,10,12,15-18H2,1-3H3/t23-/m1/s1. The second-order valence-electron chi connectivity index (χ2n) is 9.88. The van der Waals surface area contributed by atoms with Crippen LogP contribution in [0.3, 0.4) is 0 Å². The van der Waals surface area contributed by atoms with Crippen molar-refractivity contribution < 1.29 is 23.8 Å². The summed E-state index contributed by atoms with van der Waals surface area (Å²) in [6.07, 6.45) is 0.805. The molecule has 0 N–H and O–H groups in total. The van der Waals surface area contributed by atoms with Crippen LogP contribution in [0.2, 0.25) is 0 Å². The summed E-state index contributed by atoms with van der Waals surface area (Å²) in [6, 6.07) is 15.0. The first-order valence-electron chi connectivity index (χ1n) is 12.6. The molecule has 3 aromatic rings. The Kier molecular flexibility index (Phi) is 7.37. The van der Waals surface area contributed by atoms with Crippen LogP contribution in [0.15, 0.2) is 53.9 Å². The van der Waals surface area contributed by atoms with Gasteiger partial charge in [-0.25, -0.2) is 0 Å². The number of rotatable bonds is 8. The van der Waals surface area contributed by atoms with Crippen molar-refractivity contribution in [2.45, 2.75) is 33.2 Å². The lowest BCUT2D eigenvalue weighted by atomic mass is 10.00. The van der Waals surface area contributed by atoms with Gasteiger partial charge in [0.25, 0.3) is 5.91 Å². The Labute approximate surface area is 221 Å². The molecule has 0 saturated heterocycles. The first kappa shape index (κ1) is 25.1. The highest BCUT2D eigenvalue weighted by atomic mass is 32.1. The average Bonchev–Trinajstić information content (AvgIpc) is 3.56. The zero-order valence-electron chi connectivity index (χ0n) is 21.4. The number of nitrogens with zero attached hydrogens (tertiary/aromatic N) is 2. The Bertz CT molecular complexity index is 1290. The van der Waals surface area contributed by atoms with Crippen LogP contribution >= 0.6 is 11.3 Å². The monoisotopic (exact) mass is 520 g/mol. The minimum atomic E-state index is -0.205. The summed E-state index contributed by atoms with van der Waals surface area (Å²) in [7, 11) is 0. The number of thiophene rings is 1. The Morgan fingerprint density at radius 3 is 2.76 bits per heavy atom. The molecule has 5 rings (SSSR count). The Hall–Kier alpha value is -3.52. The molecule has 0 radical (unpaired) electrons. The number of carbonyl (C=O) groups excluding carboxylic acids is 2. The molecule has 37 heavy (non-hydrogen) atoms. The van der Waals surface area contributed by atoms with Crippen molar-refractivity contribution in [3.05, 3.63) is 75.5 Å². The molecule has 2 aliphatic heterocycles. The summed E-state index contributed by atoms with van der Waals surface area (Å²) in [6.45, 7) is 7.69. The van der Waals surface area contributed by atoms with Crippen LogP contribution in [0.4, 0.5) is 0 Å². The van der Waals surface area contributed by atoms with Crippen molar-refractivity contribution in [2.75, 3.05) is 33.0 Å². The van der Waals surface area contributed by atoms with E-state index in [-0.39, 0.29) is 37.1 Å². The summed E-state index contributed by atoms with van der Waals surface area (Å²) in [5.74, 6) is 1.93. The second kappa shape index (κ2) is 10.8. The molecule has 0 fully saturated rings. The predicted molar refractivity (Wildman–Crippen MR) is 142 cm³/mol. The normalized spacial score (nSPS) is 16.0. The largest absolute Gasteiger partial charge is 0.491 e. The number of hydrogen-bond acceptors (Lipinski definition) is 6. The molecule has 2 aliphatic rings. The molecule has 8 heteroatoms. The minimum absolute atomic E-state index is 0.00574. The third-order valence-electron chi connectivity index (χ3n) is 6.72. The quantitative estimate of drug-likeness (QED) is 0.414. The number of ether oxygens (including phenoxy) is 3. The lowest BCUT2D eigenvalue weighted by Gasteiger charge is -2.37. The van der Waals surface area contributed by atoms with Gasteiger partial charge in [-0.05, 0) is 66.1 Å². The fourth-order valence-corrected chi connectivity index (χ4v) is 5.82. The molecule has 0 aliphatic carbocycles. The van der Waals surface area contributed by atoms with Crippen molar-refractivity contribution in [1.29, 1.82) is 0 Å². The number of hydrogen-bond donors (Lipinski definition) is 0. The van der Waals surface area contributed by atoms with E-state index in [4.69, 9.17) is 14.2 Å². The Balaban J connectivity index is 1.35. The van der Waals surface area contributed by atoms with Gasteiger partial charge in [0.05, 0.1) is 6.04 Å². The third kappa shape index (κ3) is 5.44. The van der Waals surface area contributed by atoms with E-state index in [0.717, 1.165) is 23.3 Å². The van der Waals surface area contributed by atoms with E-state index >= 15 is 0 Å². The van der Waals surface area contributed by atoms with Crippen molar-refractivity contribution in [3.8, 4) is 17.2 Å². The number of carbonyl (C=O) groups is 2. The van der Waals surface area contributed by atoms with Crippen LogP contribution in [0.5, 0.6) is 17.2 Å². The van der Waals surface area contributed by atoms with E-state index in [1.807, 2.05) is 49.9 Å². The van der Waals surface area contributed by atoms with Crippen molar-refractivity contribution in [3.63, 3.8) is 0 Å². The number of amides is 2. The van der Waals surface area contributed by atoms with Crippen LogP contribution in [-0.4, -0.2) is 54.6 Å². The van der Waals surface area contributed by atoms with Gasteiger partial charge in [-0.1, -0.05) is 32.0 Å². The first-order chi connectivity index (χ1) is 17.9. The van der Waals surface area contributed by atoms with Gasteiger partial charge in [-0.2, -0.15) is 0 Å². The van der Waals surface area contributed by atoms with Gasteiger partial charge >= 0.3 is 0 Å². The molecular formula is C29H32N2O5S. The second-order valence-corrected chi connectivity index (χ2v) is 10.9. The predicted octanol–water partition coefficient (Wildman–Crippen LogP) is 5.09. The number of fused-ring (bicyclic) bond motifs is 2. The molecule has 0 bridgehead atoms. The van der Waals surface area contributed by atoms with Gasteiger partial charge in [0.2, 0.25) is 12.7 Å². The number of benzene rings is 2. The van der Waals surface area contributed by atoms with E-state index in [2.05, 4.69) is 11.4 Å². The lowest BCUT2D eigenvalue weighted by molar-refractivity contribution is -0.135. The number of para-hydroxylation sites is 1. The third-order valence-corrected chi connectivity index (χ3v) is 7.72. The van der Waals surface area contributed by atoms with Gasteiger partial charge in [-0.15, -0.1) is 11.3 Å². The zero-order chi connectivity index (χ0) is 25.9. The molecule has 0 unspecified atom stereocenters. The van der Waals surface area contributed by atoms with E-state index in [1.165, 1.54) is 4.88 Å². The highest BCUT2D eigenvalue weighted by Crippen LogP contribution is 2.35. The lowest BCUT2D eigenvalue weighted by Crippen LogP contribution is -2.48. The Morgan fingerprint density at radius 1 is 1.14 bits per heavy atom.